The van der Waals surface area contributed by atoms with Crippen molar-refractivity contribution in [1.29, 1.82) is 0 Å². The van der Waals surface area contributed by atoms with E-state index in [-0.39, 0.29) is 23.2 Å². The van der Waals surface area contributed by atoms with Crippen LogP contribution in [0.1, 0.15) is 37.8 Å². The van der Waals surface area contributed by atoms with Gasteiger partial charge in [-0.25, -0.2) is 9.97 Å². The molecule has 5 rings (SSSR count). The highest BCUT2D eigenvalue weighted by Gasteiger charge is 2.48. The molecule has 12 nitrogen and oxygen atoms in total. The number of nitro benzene ring substituents is 2. The Kier molecular flexibility index (Phi) is 4.03. The van der Waals surface area contributed by atoms with Gasteiger partial charge in [-0.2, -0.15) is 0 Å². The first-order chi connectivity index (χ1) is 14.7. The molecule has 0 saturated carbocycles. The minimum atomic E-state index is -1.03. The summed E-state index contributed by atoms with van der Waals surface area (Å²) in [7, 11) is 0. The van der Waals surface area contributed by atoms with E-state index in [1.54, 1.807) is 13.8 Å². The van der Waals surface area contributed by atoms with Crippen LogP contribution in [0, 0.1) is 20.2 Å². The fourth-order valence-corrected chi connectivity index (χ4v) is 3.46. The van der Waals surface area contributed by atoms with Gasteiger partial charge in [0.2, 0.25) is 11.8 Å². The first-order valence-electron chi connectivity index (χ1n) is 9.15. The van der Waals surface area contributed by atoms with Crippen molar-refractivity contribution >= 4 is 33.6 Å². The molecule has 0 aliphatic carbocycles. The first-order valence-corrected chi connectivity index (χ1v) is 9.15. The zero-order valence-electron chi connectivity index (χ0n) is 16.2. The van der Waals surface area contributed by atoms with Gasteiger partial charge in [0.25, 0.3) is 11.4 Å². The van der Waals surface area contributed by atoms with Gasteiger partial charge < -0.3 is 18.3 Å². The summed E-state index contributed by atoms with van der Waals surface area (Å²) < 4.78 is 23.4. The molecule has 1 fully saturated rings. The SMILES string of the molecule is CC1(C)O[C@H](c2nc3cc([N+](=O)[O-])ccc3o2)[C@@H](c2nc3cc([N+](=O)[O-])ccc3o2)O1. The Balaban J connectivity index is 1.56. The van der Waals surface area contributed by atoms with Crippen LogP contribution in [0.25, 0.3) is 22.2 Å². The molecule has 0 N–H and O–H groups in total. The van der Waals surface area contributed by atoms with Crippen molar-refractivity contribution in [1.82, 2.24) is 9.97 Å². The van der Waals surface area contributed by atoms with Gasteiger partial charge in [-0.05, 0) is 26.0 Å². The van der Waals surface area contributed by atoms with E-state index in [2.05, 4.69) is 9.97 Å². The summed E-state index contributed by atoms with van der Waals surface area (Å²) in [5.41, 5.74) is 1.05. The highest BCUT2D eigenvalue weighted by Crippen LogP contribution is 2.47. The Morgan fingerprint density at radius 3 is 1.61 bits per heavy atom. The van der Waals surface area contributed by atoms with Crippen LogP contribution in [0.5, 0.6) is 0 Å². The zero-order valence-corrected chi connectivity index (χ0v) is 16.2. The molecule has 12 heteroatoms. The molecule has 1 aliphatic heterocycles. The van der Waals surface area contributed by atoms with Crippen LogP contribution in [0.3, 0.4) is 0 Å². The summed E-state index contributed by atoms with van der Waals surface area (Å²) in [6.07, 6.45) is -1.71. The lowest BCUT2D eigenvalue weighted by atomic mass is 10.2. The van der Waals surface area contributed by atoms with Crippen LogP contribution < -0.4 is 0 Å². The van der Waals surface area contributed by atoms with Crippen LogP contribution in [-0.2, 0) is 9.47 Å². The second-order valence-corrected chi connectivity index (χ2v) is 7.40. The normalized spacial score (nSPS) is 20.5. The van der Waals surface area contributed by atoms with Crippen molar-refractivity contribution in [2.24, 2.45) is 0 Å². The summed E-state index contributed by atoms with van der Waals surface area (Å²) in [5.74, 6) is -0.757. The summed E-state index contributed by atoms with van der Waals surface area (Å²) in [5, 5.41) is 22.0. The number of oxazole rings is 2. The quantitative estimate of drug-likeness (QED) is 0.339. The van der Waals surface area contributed by atoms with Crippen LogP contribution >= 0.6 is 0 Å². The largest absolute Gasteiger partial charge is 0.438 e. The van der Waals surface area contributed by atoms with Crippen molar-refractivity contribution in [3.63, 3.8) is 0 Å². The lowest BCUT2D eigenvalue weighted by molar-refractivity contribution is -0.384. The van der Waals surface area contributed by atoms with Gasteiger partial charge in [-0.1, -0.05) is 0 Å². The number of aromatic nitrogens is 2. The second kappa shape index (κ2) is 6.55. The maximum Gasteiger partial charge on any atom is 0.271 e. The standard InChI is InChI=1S/C19H14N4O8/c1-19(2)30-15(17-20-11-7-9(22(24)25)3-5-13(11)28-17)16(31-19)18-21-12-8-10(23(26)27)4-6-14(12)29-18/h3-8,15-16H,1-2H3/t15-,16-/m0/s1. The molecule has 3 heterocycles. The summed E-state index contributed by atoms with van der Waals surface area (Å²) in [6.45, 7) is 3.39. The molecule has 0 amide bonds. The van der Waals surface area contributed by atoms with E-state index in [9.17, 15) is 20.2 Å². The maximum atomic E-state index is 11.0. The van der Waals surface area contributed by atoms with E-state index in [1.807, 2.05) is 0 Å². The van der Waals surface area contributed by atoms with Gasteiger partial charge in [0.05, 0.1) is 9.85 Å². The smallest absolute Gasteiger partial charge is 0.271 e. The van der Waals surface area contributed by atoms with E-state index >= 15 is 0 Å². The van der Waals surface area contributed by atoms with Crippen LogP contribution in [-0.4, -0.2) is 25.6 Å². The average Bonchev–Trinajstić information content (AvgIpc) is 3.40. The minimum absolute atomic E-state index is 0.117. The van der Waals surface area contributed by atoms with E-state index < -0.39 is 27.8 Å². The number of benzene rings is 2. The van der Waals surface area contributed by atoms with Crippen molar-refractivity contribution in [2.45, 2.75) is 31.8 Å². The Hall–Kier alpha value is -3.90. The lowest BCUT2D eigenvalue weighted by Gasteiger charge is -2.15. The van der Waals surface area contributed by atoms with E-state index in [0.717, 1.165) is 0 Å². The van der Waals surface area contributed by atoms with Gasteiger partial charge in [-0.15, -0.1) is 0 Å². The molecular weight excluding hydrogens is 412 g/mol. The molecule has 0 unspecified atom stereocenters. The average molecular weight is 426 g/mol. The lowest BCUT2D eigenvalue weighted by Crippen LogP contribution is -2.20. The highest BCUT2D eigenvalue weighted by atomic mass is 16.8. The molecule has 1 aliphatic rings. The number of non-ortho nitro benzene ring substituents is 2. The molecule has 2 aromatic heterocycles. The third-order valence-electron chi connectivity index (χ3n) is 4.78. The summed E-state index contributed by atoms with van der Waals surface area (Å²) in [4.78, 5) is 29.7. The van der Waals surface area contributed by atoms with E-state index in [1.165, 1.54) is 36.4 Å². The Bertz CT molecular complexity index is 1260. The number of fused-ring (bicyclic) bond motifs is 2. The number of hydrogen-bond donors (Lipinski definition) is 0. The van der Waals surface area contributed by atoms with Crippen molar-refractivity contribution in [2.75, 3.05) is 0 Å². The Morgan fingerprint density at radius 2 is 1.23 bits per heavy atom. The van der Waals surface area contributed by atoms with Gasteiger partial charge in [0, 0.05) is 24.3 Å². The van der Waals surface area contributed by atoms with Gasteiger partial charge in [-0.3, -0.25) is 20.2 Å². The predicted molar refractivity (Wildman–Crippen MR) is 103 cm³/mol. The van der Waals surface area contributed by atoms with Crippen molar-refractivity contribution in [3.8, 4) is 0 Å². The van der Waals surface area contributed by atoms with E-state index in [4.69, 9.17) is 18.3 Å². The fourth-order valence-electron chi connectivity index (χ4n) is 3.46. The molecule has 31 heavy (non-hydrogen) atoms. The number of nitro groups is 2. The Morgan fingerprint density at radius 1 is 0.806 bits per heavy atom. The molecule has 2 atom stereocenters. The zero-order chi connectivity index (χ0) is 21.9. The topological polar surface area (TPSA) is 157 Å². The van der Waals surface area contributed by atoms with Crippen LogP contribution in [0.15, 0.2) is 45.2 Å². The van der Waals surface area contributed by atoms with E-state index in [0.29, 0.717) is 22.2 Å². The summed E-state index contributed by atoms with van der Waals surface area (Å²) in [6, 6.07) is 8.15. The van der Waals surface area contributed by atoms with Gasteiger partial charge in [0.1, 0.15) is 11.0 Å². The maximum absolute atomic E-state index is 11.0. The highest BCUT2D eigenvalue weighted by molar-refractivity contribution is 5.76. The van der Waals surface area contributed by atoms with Crippen molar-refractivity contribution in [3.05, 3.63) is 68.4 Å². The van der Waals surface area contributed by atoms with Crippen molar-refractivity contribution < 1.29 is 28.2 Å². The molecule has 0 spiro atoms. The molecule has 4 aromatic rings. The molecule has 2 aromatic carbocycles. The summed E-state index contributed by atoms with van der Waals surface area (Å²) >= 11 is 0. The number of rotatable bonds is 4. The molecule has 0 radical (unpaired) electrons. The fraction of sp³-hybridized carbons (Fsp3) is 0.263. The molecule has 158 valence electrons. The molecule has 1 saturated heterocycles. The third kappa shape index (κ3) is 3.27. The number of hydrogen-bond acceptors (Lipinski definition) is 10. The minimum Gasteiger partial charge on any atom is -0.438 e. The predicted octanol–water partition coefficient (Wildman–Crippen LogP) is 4.35. The second-order valence-electron chi connectivity index (χ2n) is 7.40. The third-order valence-corrected chi connectivity index (χ3v) is 4.78. The van der Waals surface area contributed by atoms with Crippen LogP contribution in [0.2, 0.25) is 0 Å². The van der Waals surface area contributed by atoms with Gasteiger partial charge in [0.15, 0.2) is 29.2 Å². The monoisotopic (exact) mass is 426 g/mol. The number of ether oxygens (including phenoxy) is 2. The van der Waals surface area contributed by atoms with Gasteiger partial charge >= 0.3 is 0 Å². The number of nitrogens with zero attached hydrogens (tertiary/aromatic N) is 4. The van der Waals surface area contributed by atoms with Crippen LogP contribution in [0.4, 0.5) is 11.4 Å². The molecule has 0 bridgehead atoms. The Labute approximate surface area is 172 Å². The first kappa shape index (κ1) is 19.1. The molecular formula is C19H14N4O8.